The Morgan fingerprint density at radius 2 is 1.38 bits per heavy atom. The van der Waals surface area contributed by atoms with Crippen LogP contribution < -0.4 is 5.32 Å². The van der Waals surface area contributed by atoms with E-state index >= 15 is 0 Å². The Labute approximate surface area is 133 Å². The molecule has 0 aromatic rings. The van der Waals surface area contributed by atoms with E-state index < -0.39 is 0 Å². The Balaban J connectivity index is 1.76. The van der Waals surface area contributed by atoms with Crippen molar-refractivity contribution in [3.8, 4) is 0 Å². The fourth-order valence-electron chi connectivity index (χ4n) is 4.27. The third-order valence-electron chi connectivity index (χ3n) is 5.41. The van der Waals surface area contributed by atoms with Crippen LogP contribution in [0, 0.1) is 5.92 Å². The molecule has 0 unspecified atom stereocenters. The monoisotopic (exact) mass is 294 g/mol. The highest BCUT2D eigenvalue weighted by Gasteiger charge is 2.28. The fraction of sp³-hybridized carbons (Fsp3) is 1.00. The zero-order valence-corrected chi connectivity index (χ0v) is 14.6. The van der Waals surface area contributed by atoms with Crippen LogP contribution in [0.2, 0.25) is 0 Å². The molecule has 0 saturated heterocycles. The standard InChI is InChI=1S/C19H38N2/c1-17(2)16-20-14-9-15-21(18-10-5-3-6-11-18)19-12-7-4-8-13-19/h17-20H,3-16H2,1-2H3. The van der Waals surface area contributed by atoms with Gasteiger partial charge in [0.2, 0.25) is 0 Å². The largest absolute Gasteiger partial charge is 0.316 e. The van der Waals surface area contributed by atoms with Gasteiger partial charge in [0.1, 0.15) is 0 Å². The molecule has 0 atom stereocenters. The SMILES string of the molecule is CC(C)CNCCCN(C1CCCCC1)C1CCCCC1. The molecule has 0 spiro atoms. The van der Waals surface area contributed by atoms with E-state index in [0.29, 0.717) is 0 Å². The Hall–Kier alpha value is -0.0800. The lowest BCUT2D eigenvalue weighted by Gasteiger charge is -2.41. The highest BCUT2D eigenvalue weighted by molar-refractivity contribution is 4.83. The quantitative estimate of drug-likeness (QED) is 0.659. The van der Waals surface area contributed by atoms with Gasteiger partial charge in [-0.2, -0.15) is 0 Å². The van der Waals surface area contributed by atoms with E-state index in [-0.39, 0.29) is 0 Å². The van der Waals surface area contributed by atoms with Gasteiger partial charge in [-0.05, 0) is 57.7 Å². The minimum Gasteiger partial charge on any atom is -0.316 e. The van der Waals surface area contributed by atoms with Gasteiger partial charge in [-0.1, -0.05) is 52.4 Å². The van der Waals surface area contributed by atoms with Crippen molar-refractivity contribution >= 4 is 0 Å². The number of hydrogen-bond acceptors (Lipinski definition) is 2. The highest BCUT2D eigenvalue weighted by Crippen LogP contribution is 2.30. The molecule has 1 N–H and O–H groups in total. The maximum absolute atomic E-state index is 3.62. The summed E-state index contributed by atoms with van der Waals surface area (Å²) in [4.78, 5) is 2.94. The van der Waals surface area contributed by atoms with E-state index in [2.05, 4.69) is 24.1 Å². The van der Waals surface area contributed by atoms with Crippen molar-refractivity contribution in [1.29, 1.82) is 0 Å². The van der Waals surface area contributed by atoms with Crippen LogP contribution in [0.1, 0.15) is 84.5 Å². The van der Waals surface area contributed by atoms with Crippen molar-refractivity contribution < 1.29 is 0 Å². The van der Waals surface area contributed by atoms with Crippen molar-refractivity contribution in [2.45, 2.75) is 96.6 Å². The van der Waals surface area contributed by atoms with E-state index in [1.807, 2.05) is 0 Å². The molecule has 2 heteroatoms. The van der Waals surface area contributed by atoms with Crippen LogP contribution in [-0.2, 0) is 0 Å². The minimum absolute atomic E-state index is 0.776. The molecule has 0 aliphatic heterocycles. The van der Waals surface area contributed by atoms with Gasteiger partial charge < -0.3 is 5.32 Å². The van der Waals surface area contributed by atoms with Crippen LogP contribution in [0.15, 0.2) is 0 Å². The van der Waals surface area contributed by atoms with Gasteiger partial charge in [-0.25, -0.2) is 0 Å². The molecule has 2 fully saturated rings. The minimum atomic E-state index is 0.776. The summed E-state index contributed by atoms with van der Waals surface area (Å²) in [6.07, 6.45) is 16.0. The molecule has 2 rings (SSSR count). The van der Waals surface area contributed by atoms with E-state index in [9.17, 15) is 0 Å². The third kappa shape index (κ3) is 6.28. The number of nitrogens with one attached hydrogen (secondary N) is 1. The molecule has 0 aromatic carbocycles. The third-order valence-corrected chi connectivity index (χ3v) is 5.41. The highest BCUT2D eigenvalue weighted by atomic mass is 15.2. The number of hydrogen-bond donors (Lipinski definition) is 1. The molecule has 0 bridgehead atoms. The smallest absolute Gasteiger partial charge is 0.00982 e. The first kappa shape index (κ1) is 17.3. The summed E-state index contributed by atoms with van der Waals surface area (Å²) >= 11 is 0. The summed E-state index contributed by atoms with van der Waals surface area (Å²) in [6, 6.07) is 1.82. The zero-order valence-electron chi connectivity index (χ0n) is 14.6. The molecule has 2 nitrogen and oxygen atoms in total. The number of nitrogens with zero attached hydrogens (tertiary/aromatic N) is 1. The second kappa shape index (κ2) is 9.84. The predicted molar refractivity (Wildman–Crippen MR) is 92.8 cm³/mol. The summed E-state index contributed by atoms with van der Waals surface area (Å²) in [7, 11) is 0. The second-order valence-electron chi connectivity index (χ2n) is 7.77. The van der Waals surface area contributed by atoms with Crippen molar-refractivity contribution in [3.63, 3.8) is 0 Å². The van der Waals surface area contributed by atoms with E-state index in [0.717, 1.165) is 18.0 Å². The van der Waals surface area contributed by atoms with Crippen molar-refractivity contribution in [2.24, 2.45) is 5.92 Å². The Kier molecular flexibility index (Phi) is 8.10. The van der Waals surface area contributed by atoms with Crippen LogP contribution in [0.25, 0.3) is 0 Å². The molecule has 0 aromatic heterocycles. The Morgan fingerprint density at radius 1 is 0.857 bits per heavy atom. The van der Waals surface area contributed by atoms with Crippen LogP contribution in [0.5, 0.6) is 0 Å². The zero-order chi connectivity index (χ0) is 14.9. The summed E-state index contributed by atoms with van der Waals surface area (Å²) in [5.41, 5.74) is 0. The molecule has 124 valence electrons. The summed E-state index contributed by atoms with van der Waals surface area (Å²) in [5.74, 6) is 0.776. The predicted octanol–water partition coefficient (Wildman–Crippen LogP) is 4.59. The van der Waals surface area contributed by atoms with Gasteiger partial charge >= 0.3 is 0 Å². The number of rotatable bonds is 8. The van der Waals surface area contributed by atoms with Gasteiger partial charge in [0.05, 0.1) is 0 Å². The molecular formula is C19H38N2. The lowest BCUT2D eigenvalue weighted by molar-refractivity contribution is 0.0796. The Bertz CT molecular complexity index is 234. The van der Waals surface area contributed by atoms with E-state index in [1.165, 1.54) is 90.3 Å². The first-order chi connectivity index (χ1) is 10.3. The molecule has 0 amide bonds. The lowest BCUT2D eigenvalue weighted by Crippen LogP contribution is -2.46. The molecule has 2 aliphatic carbocycles. The topological polar surface area (TPSA) is 15.3 Å². The average Bonchev–Trinajstić information content (AvgIpc) is 2.52. The van der Waals surface area contributed by atoms with Crippen LogP contribution in [0.3, 0.4) is 0 Å². The molecule has 21 heavy (non-hydrogen) atoms. The molecule has 0 heterocycles. The van der Waals surface area contributed by atoms with Crippen LogP contribution in [0.4, 0.5) is 0 Å². The van der Waals surface area contributed by atoms with Gasteiger partial charge in [-0.15, -0.1) is 0 Å². The maximum Gasteiger partial charge on any atom is 0.00982 e. The van der Waals surface area contributed by atoms with Crippen molar-refractivity contribution in [1.82, 2.24) is 10.2 Å². The van der Waals surface area contributed by atoms with E-state index in [1.54, 1.807) is 0 Å². The normalized spacial score (nSPS) is 22.3. The van der Waals surface area contributed by atoms with Crippen LogP contribution >= 0.6 is 0 Å². The van der Waals surface area contributed by atoms with Gasteiger partial charge in [-0.3, -0.25) is 4.90 Å². The molecule has 0 radical (unpaired) electrons. The van der Waals surface area contributed by atoms with Crippen LogP contribution in [-0.4, -0.2) is 36.6 Å². The maximum atomic E-state index is 3.62. The average molecular weight is 295 g/mol. The van der Waals surface area contributed by atoms with Gasteiger partial charge in [0.15, 0.2) is 0 Å². The fourth-order valence-corrected chi connectivity index (χ4v) is 4.27. The molecule has 2 saturated carbocycles. The summed E-state index contributed by atoms with van der Waals surface area (Å²) in [6.45, 7) is 8.30. The first-order valence-electron chi connectivity index (χ1n) is 9.74. The lowest BCUT2D eigenvalue weighted by atomic mass is 9.88. The van der Waals surface area contributed by atoms with Crippen molar-refractivity contribution in [2.75, 3.05) is 19.6 Å². The Morgan fingerprint density at radius 3 is 1.86 bits per heavy atom. The molecular weight excluding hydrogens is 256 g/mol. The second-order valence-corrected chi connectivity index (χ2v) is 7.77. The van der Waals surface area contributed by atoms with E-state index in [4.69, 9.17) is 0 Å². The van der Waals surface area contributed by atoms with Gasteiger partial charge in [0, 0.05) is 12.1 Å². The molecule has 2 aliphatic rings. The first-order valence-corrected chi connectivity index (χ1v) is 9.74. The summed E-state index contributed by atoms with van der Waals surface area (Å²) in [5, 5.41) is 3.62. The van der Waals surface area contributed by atoms with Gasteiger partial charge in [0.25, 0.3) is 0 Å². The summed E-state index contributed by atoms with van der Waals surface area (Å²) < 4.78 is 0. The van der Waals surface area contributed by atoms with Crippen molar-refractivity contribution in [3.05, 3.63) is 0 Å².